The van der Waals surface area contributed by atoms with Crippen LogP contribution in [0.25, 0.3) is 0 Å². The fourth-order valence-corrected chi connectivity index (χ4v) is 5.27. The van der Waals surface area contributed by atoms with E-state index in [-0.39, 0.29) is 23.9 Å². The lowest BCUT2D eigenvalue weighted by atomic mass is 9.83. The van der Waals surface area contributed by atoms with Gasteiger partial charge in [-0.2, -0.15) is 0 Å². The first-order valence-corrected chi connectivity index (χ1v) is 10.5. The van der Waals surface area contributed by atoms with Crippen molar-refractivity contribution in [2.75, 3.05) is 6.54 Å². The lowest BCUT2D eigenvalue weighted by molar-refractivity contribution is -0.136. The van der Waals surface area contributed by atoms with E-state index in [1.807, 2.05) is 28.0 Å². The lowest BCUT2D eigenvalue weighted by Crippen LogP contribution is -2.58. The molecule has 0 spiro atoms. The molecule has 3 atom stereocenters. The Balaban J connectivity index is 1.81. The zero-order valence-electron chi connectivity index (χ0n) is 17.4. The van der Waals surface area contributed by atoms with Gasteiger partial charge in [-0.1, -0.05) is 43.2 Å². The minimum atomic E-state index is -0.402. The van der Waals surface area contributed by atoms with Crippen LogP contribution < -0.4 is 0 Å². The van der Waals surface area contributed by atoms with Crippen molar-refractivity contribution >= 4 is 11.8 Å². The van der Waals surface area contributed by atoms with Crippen LogP contribution in [-0.4, -0.2) is 44.7 Å². The molecular formula is C23H29N3O3. The Morgan fingerprint density at radius 2 is 1.93 bits per heavy atom. The number of hydrogen-bond donors (Lipinski definition) is 0. The van der Waals surface area contributed by atoms with Gasteiger partial charge in [-0.3, -0.25) is 9.59 Å². The van der Waals surface area contributed by atoms with Crippen molar-refractivity contribution in [3.63, 3.8) is 0 Å². The van der Waals surface area contributed by atoms with Crippen LogP contribution in [0.2, 0.25) is 0 Å². The normalized spacial score (nSPS) is 27.3. The zero-order valence-corrected chi connectivity index (χ0v) is 17.4. The molecule has 0 radical (unpaired) electrons. The first kappa shape index (κ1) is 19.7. The molecule has 6 heteroatoms. The number of likely N-dealkylation sites (tertiary alicyclic amines) is 2. The van der Waals surface area contributed by atoms with Gasteiger partial charge in [-0.25, -0.2) is 4.98 Å². The Bertz CT molecular complexity index is 894. The second-order valence-electron chi connectivity index (χ2n) is 8.49. The zero-order chi connectivity index (χ0) is 20.6. The van der Waals surface area contributed by atoms with Gasteiger partial charge in [-0.15, -0.1) is 0 Å². The van der Waals surface area contributed by atoms with Gasteiger partial charge in [0, 0.05) is 20.4 Å². The number of hydrogen-bond acceptors (Lipinski definition) is 4. The molecule has 0 aliphatic carbocycles. The van der Waals surface area contributed by atoms with Crippen molar-refractivity contribution in [1.29, 1.82) is 0 Å². The van der Waals surface area contributed by atoms with Gasteiger partial charge in [0.1, 0.15) is 6.26 Å². The molecule has 0 bridgehead atoms. The molecule has 2 aliphatic rings. The molecule has 0 unspecified atom stereocenters. The number of nitrogens with zero attached hydrogens (tertiary/aromatic N) is 3. The minimum Gasteiger partial charge on any atom is -0.448 e. The molecule has 3 heterocycles. The fraction of sp³-hybridized carbons (Fsp3) is 0.522. The van der Waals surface area contributed by atoms with E-state index in [2.05, 4.69) is 24.0 Å². The van der Waals surface area contributed by atoms with Crippen molar-refractivity contribution in [2.24, 2.45) is 0 Å². The molecule has 154 valence electrons. The van der Waals surface area contributed by atoms with Gasteiger partial charge in [0.15, 0.2) is 11.6 Å². The maximum absolute atomic E-state index is 13.6. The van der Waals surface area contributed by atoms with Crippen LogP contribution >= 0.6 is 0 Å². The number of rotatable bonds is 2. The van der Waals surface area contributed by atoms with Crippen molar-refractivity contribution in [2.45, 2.75) is 70.5 Å². The number of carbonyl (C=O) groups is 2. The third-order valence-corrected chi connectivity index (χ3v) is 6.61. The number of amides is 2. The summed E-state index contributed by atoms with van der Waals surface area (Å²) in [6.07, 6.45) is 6.18. The lowest BCUT2D eigenvalue weighted by Gasteiger charge is -2.45. The smallest absolute Gasteiger partial charge is 0.276 e. The second kappa shape index (κ2) is 7.65. The van der Waals surface area contributed by atoms with Crippen molar-refractivity contribution < 1.29 is 14.0 Å². The Morgan fingerprint density at radius 3 is 2.59 bits per heavy atom. The maximum atomic E-state index is 13.6. The summed E-state index contributed by atoms with van der Waals surface area (Å²) in [7, 11) is 0. The van der Waals surface area contributed by atoms with Crippen molar-refractivity contribution in [3.05, 3.63) is 53.7 Å². The molecular weight excluding hydrogens is 366 g/mol. The van der Waals surface area contributed by atoms with E-state index < -0.39 is 5.54 Å². The highest BCUT2D eigenvalue weighted by Crippen LogP contribution is 2.48. The summed E-state index contributed by atoms with van der Waals surface area (Å²) in [6.45, 7) is 6.29. The van der Waals surface area contributed by atoms with Gasteiger partial charge in [0.05, 0.1) is 17.6 Å². The summed E-state index contributed by atoms with van der Waals surface area (Å²) in [4.78, 5) is 34.5. The molecule has 6 nitrogen and oxygen atoms in total. The average Bonchev–Trinajstić information content (AvgIpc) is 3.24. The van der Waals surface area contributed by atoms with Crippen molar-refractivity contribution in [3.8, 4) is 0 Å². The van der Waals surface area contributed by atoms with E-state index in [9.17, 15) is 9.59 Å². The van der Waals surface area contributed by atoms with Crippen LogP contribution in [0.15, 0.2) is 41.0 Å². The SMILES string of the molecule is CC(=O)N1CCCCC[C@@H]2N(C(=O)c3coc(C)n3)[C@H](c3ccccc3)C[C@@]21C. The highest BCUT2D eigenvalue weighted by atomic mass is 16.3. The third-order valence-electron chi connectivity index (χ3n) is 6.61. The topological polar surface area (TPSA) is 66.7 Å². The monoisotopic (exact) mass is 395 g/mol. The maximum Gasteiger partial charge on any atom is 0.276 e. The summed E-state index contributed by atoms with van der Waals surface area (Å²) in [5.74, 6) is 0.445. The predicted molar refractivity (Wildman–Crippen MR) is 109 cm³/mol. The average molecular weight is 396 g/mol. The Morgan fingerprint density at radius 1 is 1.17 bits per heavy atom. The molecule has 2 amide bonds. The molecule has 0 N–H and O–H groups in total. The summed E-state index contributed by atoms with van der Waals surface area (Å²) >= 11 is 0. The molecule has 1 aromatic carbocycles. The molecule has 2 saturated heterocycles. The van der Waals surface area contributed by atoms with Gasteiger partial charge in [0.25, 0.3) is 5.91 Å². The minimum absolute atomic E-state index is 0.0542. The molecule has 4 rings (SSSR count). The summed E-state index contributed by atoms with van der Waals surface area (Å²) in [6, 6.07) is 9.97. The molecule has 2 fully saturated rings. The number of carbonyl (C=O) groups excluding carboxylic acids is 2. The number of fused-ring (bicyclic) bond motifs is 1. The van der Waals surface area contributed by atoms with Crippen molar-refractivity contribution in [1.82, 2.24) is 14.8 Å². The first-order chi connectivity index (χ1) is 13.9. The number of benzene rings is 1. The van der Waals surface area contributed by atoms with E-state index >= 15 is 0 Å². The molecule has 29 heavy (non-hydrogen) atoms. The van der Waals surface area contributed by atoms with E-state index in [1.54, 1.807) is 13.8 Å². The van der Waals surface area contributed by atoms with Crippen LogP contribution in [-0.2, 0) is 4.79 Å². The second-order valence-corrected chi connectivity index (χ2v) is 8.49. The number of aryl methyl sites for hydroxylation is 1. The molecule has 1 aromatic heterocycles. The highest BCUT2D eigenvalue weighted by Gasteiger charge is 2.55. The molecule has 0 saturated carbocycles. The van der Waals surface area contributed by atoms with Crippen LogP contribution in [0.4, 0.5) is 0 Å². The predicted octanol–water partition coefficient (Wildman–Crippen LogP) is 4.12. The van der Waals surface area contributed by atoms with Gasteiger partial charge >= 0.3 is 0 Å². The van der Waals surface area contributed by atoms with Crippen LogP contribution in [0.5, 0.6) is 0 Å². The van der Waals surface area contributed by atoms with E-state index in [0.29, 0.717) is 11.6 Å². The molecule has 2 aromatic rings. The van der Waals surface area contributed by atoms with Crippen LogP contribution in [0, 0.1) is 6.92 Å². The first-order valence-electron chi connectivity index (χ1n) is 10.5. The Kier molecular flexibility index (Phi) is 5.19. The van der Waals surface area contributed by atoms with Gasteiger partial charge in [0.2, 0.25) is 5.91 Å². The van der Waals surface area contributed by atoms with Crippen LogP contribution in [0.3, 0.4) is 0 Å². The van der Waals surface area contributed by atoms with Gasteiger partial charge in [-0.05, 0) is 31.7 Å². The highest BCUT2D eigenvalue weighted by molar-refractivity contribution is 5.93. The third kappa shape index (κ3) is 3.45. The summed E-state index contributed by atoms with van der Waals surface area (Å²) in [5, 5.41) is 0. The summed E-state index contributed by atoms with van der Waals surface area (Å²) in [5.41, 5.74) is 1.03. The molecule has 2 aliphatic heterocycles. The quantitative estimate of drug-likeness (QED) is 0.767. The van der Waals surface area contributed by atoms with Gasteiger partial charge < -0.3 is 14.2 Å². The summed E-state index contributed by atoms with van der Waals surface area (Å²) < 4.78 is 5.33. The Labute approximate surface area is 171 Å². The largest absolute Gasteiger partial charge is 0.448 e. The van der Waals surface area contributed by atoms with E-state index in [0.717, 1.165) is 44.2 Å². The Hall–Kier alpha value is -2.63. The standard InChI is InChI=1S/C23H29N3O3/c1-16-24-19(15-29-16)22(28)26-20(18-10-6-4-7-11-18)14-23(3)21(26)12-8-5-9-13-25(23)17(2)27/h4,6-7,10-11,15,20-21H,5,8-9,12-14H2,1-3H3/t20-,21-,23-/m0/s1. The fourth-order valence-electron chi connectivity index (χ4n) is 5.27. The number of aromatic nitrogens is 1. The van der Waals surface area contributed by atoms with Crippen LogP contribution in [0.1, 0.15) is 73.9 Å². The number of oxazole rings is 1. The van der Waals surface area contributed by atoms with E-state index in [4.69, 9.17) is 4.42 Å². The van der Waals surface area contributed by atoms with E-state index in [1.165, 1.54) is 6.26 Å².